The molecule has 0 amide bonds. The molecule has 0 bridgehead atoms. The van der Waals surface area contributed by atoms with Gasteiger partial charge in [-0.15, -0.1) is 10.9 Å². The zero-order valence-electron chi connectivity index (χ0n) is 34.2. The Morgan fingerprint density at radius 2 is 0.810 bits per heavy atom. The molecule has 10 rings (SSSR count). The first-order valence-electron chi connectivity index (χ1n) is 20.0. The van der Waals surface area contributed by atoms with Crippen molar-refractivity contribution in [2.24, 2.45) is 0 Å². The van der Waals surface area contributed by atoms with Gasteiger partial charge in [0.1, 0.15) is 73.9 Å². The van der Waals surface area contributed by atoms with Gasteiger partial charge in [-0.1, -0.05) is 118 Å². The zero-order valence-corrected chi connectivity index (χ0v) is 34.2. The summed E-state index contributed by atoms with van der Waals surface area (Å²) in [5.74, 6) is 1.84. The maximum Gasteiger partial charge on any atom is 0.164 e. The fourth-order valence-electron chi connectivity index (χ4n) is 8.99. The first kappa shape index (κ1) is 36.0. The van der Waals surface area contributed by atoms with Crippen LogP contribution in [0.25, 0.3) is 94.7 Å². The maximum atomic E-state index is 6.78. The second-order valence-corrected chi connectivity index (χ2v) is 15.9. The Balaban J connectivity index is 1.14. The lowest BCUT2D eigenvalue weighted by atomic mass is 9.63. The number of rotatable bonds is 5. The van der Waals surface area contributed by atoms with Crippen molar-refractivity contribution in [2.75, 3.05) is 0 Å². The quantitative estimate of drug-likeness (QED) is 0.186. The van der Waals surface area contributed by atoms with Crippen LogP contribution in [0.1, 0.15) is 0 Å². The number of nitrogens with zero attached hydrogens (tertiary/aromatic N) is 4. The van der Waals surface area contributed by atoms with E-state index in [1.165, 1.54) is 65.5 Å². The van der Waals surface area contributed by atoms with Crippen molar-refractivity contribution in [3.05, 3.63) is 121 Å². The van der Waals surface area contributed by atoms with E-state index in [-0.39, 0.29) is 0 Å². The molecule has 0 spiro atoms. The van der Waals surface area contributed by atoms with E-state index in [9.17, 15) is 0 Å². The maximum absolute atomic E-state index is 6.78. The molecule has 5 nitrogen and oxygen atoms in total. The number of furan rings is 1. The van der Waals surface area contributed by atoms with Crippen LogP contribution in [-0.4, -0.2) is 82.3 Å². The number of aromatic nitrogens is 4. The molecule has 3 aromatic heterocycles. The molecule has 7 aromatic carbocycles. The molecule has 0 radical (unpaired) electrons. The van der Waals surface area contributed by atoms with Gasteiger partial charge in [0.15, 0.2) is 17.5 Å². The van der Waals surface area contributed by atoms with Gasteiger partial charge in [0.05, 0.1) is 0 Å². The Labute approximate surface area is 345 Å². The van der Waals surface area contributed by atoms with Crippen LogP contribution in [0.5, 0.6) is 0 Å². The molecule has 3 heterocycles. The van der Waals surface area contributed by atoms with Crippen molar-refractivity contribution in [1.29, 1.82) is 0 Å². The highest BCUT2D eigenvalue weighted by molar-refractivity contribution is 6.71. The fraction of sp³-hybridized carbons (Fsp3) is 0. The van der Waals surface area contributed by atoms with Crippen molar-refractivity contribution >= 4 is 150 Å². The van der Waals surface area contributed by atoms with Crippen LogP contribution in [0.4, 0.5) is 0 Å². The van der Waals surface area contributed by atoms with Gasteiger partial charge in [-0.3, -0.25) is 0 Å². The van der Waals surface area contributed by atoms with Crippen LogP contribution in [0.2, 0.25) is 0 Å². The Morgan fingerprint density at radius 1 is 0.362 bits per heavy atom. The highest BCUT2D eigenvalue weighted by Gasteiger charge is 2.24. The molecule has 0 aliphatic rings. The Morgan fingerprint density at radius 3 is 1.40 bits per heavy atom. The van der Waals surface area contributed by atoms with Crippen molar-refractivity contribution in [2.45, 2.75) is 0 Å². The van der Waals surface area contributed by atoms with Crippen LogP contribution >= 0.6 is 0 Å². The third kappa shape index (κ3) is 5.54. The van der Waals surface area contributed by atoms with E-state index in [4.69, 9.17) is 19.4 Å². The zero-order chi connectivity index (χ0) is 40.0. The summed E-state index contributed by atoms with van der Waals surface area (Å²) < 4.78 is 9.28. The van der Waals surface area contributed by atoms with Gasteiger partial charge in [-0.05, 0) is 52.2 Å². The normalized spacial score (nSPS) is 11.7. The Kier molecular flexibility index (Phi) is 8.49. The second-order valence-electron chi connectivity index (χ2n) is 15.9. The van der Waals surface area contributed by atoms with Gasteiger partial charge in [-0.25, -0.2) is 15.0 Å². The van der Waals surface area contributed by atoms with E-state index >= 15 is 0 Å². The topological polar surface area (TPSA) is 56.7 Å². The molecule has 10 aromatic rings. The first-order valence-corrected chi connectivity index (χ1v) is 20.0. The summed E-state index contributed by atoms with van der Waals surface area (Å²) in [6.07, 6.45) is 0. The average molecular weight is 735 g/mol. The summed E-state index contributed by atoms with van der Waals surface area (Å²) >= 11 is 0. The average Bonchev–Trinajstić information content (AvgIpc) is 3.82. The van der Waals surface area contributed by atoms with E-state index in [0.29, 0.717) is 17.5 Å². The van der Waals surface area contributed by atoms with Crippen molar-refractivity contribution in [1.82, 2.24) is 19.5 Å². The third-order valence-corrected chi connectivity index (χ3v) is 12.9. The highest BCUT2D eigenvalue weighted by Crippen LogP contribution is 2.36. The molecule has 0 unspecified atom stereocenters. The van der Waals surface area contributed by atoms with E-state index in [2.05, 4.69) is 152 Å². The fourth-order valence-corrected chi connectivity index (χ4v) is 8.99. The minimum atomic E-state index is 0.593. The standard InChI is InChI=1S/C45H36B8N4O/c46-33-31-32-34(47)36(49)38(51)40(53)42(32)57(41(31)39(52)37(50)35(33)48)26-15-17-28-27-16-14-25(19-29(27)58-30(28)20-26)45-55-43(22-10-5-2-6-11-22)54-44(56-45)24-13-7-12-23(18-24)21-8-3-1-4-9-21/h1-20H,46-53H2. The monoisotopic (exact) mass is 736 g/mol. The van der Waals surface area contributed by atoms with Crippen LogP contribution in [0.15, 0.2) is 126 Å². The first-order chi connectivity index (χ1) is 28.1. The number of fused-ring (bicyclic) bond motifs is 6. The van der Waals surface area contributed by atoms with Crippen LogP contribution in [-0.2, 0) is 0 Å². The smallest absolute Gasteiger partial charge is 0.164 e. The molecule has 0 fully saturated rings. The third-order valence-electron chi connectivity index (χ3n) is 12.9. The van der Waals surface area contributed by atoms with E-state index < -0.39 is 0 Å². The Hall–Kier alpha value is -6.33. The summed E-state index contributed by atoms with van der Waals surface area (Å²) in [5.41, 5.74) is 21.0. The van der Waals surface area contributed by atoms with Gasteiger partial charge in [0.25, 0.3) is 0 Å². The van der Waals surface area contributed by atoms with Crippen LogP contribution < -0.4 is 43.7 Å². The summed E-state index contributed by atoms with van der Waals surface area (Å²) in [5, 5.41) is 4.83. The molecule has 0 aliphatic carbocycles. The van der Waals surface area contributed by atoms with E-state index in [0.717, 1.165) is 55.4 Å². The summed E-state index contributed by atoms with van der Waals surface area (Å²) in [6, 6.07) is 41.9. The lowest BCUT2D eigenvalue weighted by Crippen LogP contribution is -2.49. The molecule has 0 N–H and O–H groups in total. The van der Waals surface area contributed by atoms with Crippen LogP contribution in [0.3, 0.4) is 0 Å². The van der Waals surface area contributed by atoms with Gasteiger partial charge >= 0.3 is 0 Å². The van der Waals surface area contributed by atoms with E-state index in [1.807, 2.05) is 36.4 Å². The van der Waals surface area contributed by atoms with Crippen molar-refractivity contribution in [3.63, 3.8) is 0 Å². The van der Waals surface area contributed by atoms with Gasteiger partial charge in [0.2, 0.25) is 0 Å². The van der Waals surface area contributed by atoms with Gasteiger partial charge < -0.3 is 8.98 Å². The second kappa shape index (κ2) is 13.7. The lowest BCUT2D eigenvalue weighted by Gasteiger charge is -2.16. The van der Waals surface area contributed by atoms with E-state index in [1.54, 1.807) is 0 Å². The lowest BCUT2D eigenvalue weighted by molar-refractivity contribution is 0.668. The minimum Gasteiger partial charge on any atom is -0.456 e. The highest BCUT2D eigenvalue weighted by atomic mass is 16.3. The molecular formula is C45H36B8N4O. The molecule has 0 saturated carbocycles. The van der Waals surface area contributed by atoms with Gasteiger partial charge in [-0.2, -0.15) is 0 Å². The molecule has 266 valence electrons. The number of hydrogen-bond donors (Lipinski definition) is 0. The predicted molar refractivity (Wildman–Crippen MR) is 269 cm³/mol. The van der Waals surface area contributed by atoms with Gasteiger partial charge in [0, 0.05) is 50.2 Å². The van der Waals surface area contributed by atoms with Crippen LogP contribution in [0, 0.1) is 0 Å². The molecule has 58 heavy (non-hydrogen) atoms. The summed E-state index contributed by atoms with van der Waals surface area (Å²) in [6.45, 7) is 0. The summed E-state index contributed by atoms with van der Waals surface area (Å²) in [4.78, 5) is 15.1. The molecule has 0 atom stereocenters. The SMILES string of the molecule is Bc1c(B)c(B)c2c(c1B)c1c(B)c(B)c(B)c(B)c1n2-c1ccc2c(c1)oc1cc(-c3nc(-c4ccccc4)nc(-c4cccc(-c5ccccc5)c4)n3)ccc12. The molecule has 0 saturated heterocycles. The molecule has 13 heteroatoms. The molecule has 0 aliphatic heterocycles. The molecular weight excluding hydrogens is 699 g/mol. The number of hydrogen-bond acceptors (Lipinski definition) is 4. The van der Waals surface area contributed by atoms with Crippen molar-refractivity contribution < 1.29 is 4.42 Å². The minimum absolute atomic E-state index is 0.593. The predicted octanol–water partition coefficient (Wildman–Crippen LogP) is -2.40. The van der Waals surface area contributed by atoms with Crippen molar-refractivity contribution in [3.8, 4) is 51.0 Å². The largest absolute Gasteiger partial charge is 0.456 e. The number of benzene rings is 7. The summed E-state index contributed by atoms with van der Waals surface area (Å²) in [7, 11) is 18.2. The Bertz CT molecular complexity index is 3250.